The van der Waals surface area contributed by atoms with Gasteiger partial charge in [-0.25, -0.2) is 8.78 Å². The molecule has 2 rings (SSSR count). The summed E-state index contributed by atoms with van der Waals surface area (Å²) in [7, 11) is 0. The van der Waals surface area contributed by atoms with E-state index in [1.165, 1.54) is 6.07 Å². The van der Waals surface area contributed by atoms with E-state index in [2.05, 4.69) is 5.32 Å². The Morgan fingerprint density at radius 2 is 1.81 bits per heavy atom. The summed E-state index contributed by atoms with van der Waals surface area (Å²) < 4.78 is 25.9. The minimum absolute atomic E-state index is 0.331. The van der Waals surface area contributed by atoms with Crippen molar-refractivity contribution in [3.8, 4) is 0 Å². The fourth-order valence-electron chi connectivity index (χ4n) is 2.12. The minimum atomic E-state index is -0.876. The second-order valence-corrected chi connectivity index (χ2v) is 4.66. The number of hydrogen-bond acceptors (Lipinski definition) is 1. The van der Waals surface area contributed by atoms with E-state index in [1.807, 2.05) is 0 Å². The van der Waals surface area contributed by atoms with E-state index < -0.39 is 11.6 Å². The molecule has 1 aromatic carbocycles. The Morgan fingerprint density at radius 3 is 2.50 bits per heavy atom. The smallest absolute Gasteiger partial charge is 0.160 e. The largest absolute Gasteiger partial charge is 0.317 e. The molecule has 0 atom stereocenters. The number of nitrogens with one attached hydrogen (secondary N) is 1. The van der Waals surface area contributed by atoms with Gasteiger partial charge in [-0.15, -0.1) is 0 Å². The summed E-state index contributed by atoms with van der Waals surface area (Å²) in [5.41, 5.74) is 0.715. The van der Waals surface area contributed by atoms with Crippen LogP contribution in [-0.4, -0.2) is 13.1 Å². The lowest BCUT2D eigenvalue weighted by atomic mass is 9.91. The fraction of sp³-hybridized carbons (Fsp3) is 0.500. The van der Waals surface area contributed by atoms with Crippen LogP contribution in [0.5, 0.6) is 0 Å². The molecule has 1 saturated heterocycles. The normalized spacial score (nSPS) is 17.7. The van der Waals surface area contributed by atoms with Crippen LogP contribution in [0, 0.1) is 17.6 Å². The third-order valence-corrected chi connectivity index (χ3v) is 3.41. The van der Waals surface area contributed by atoms with E-state index >= 15 is 0 Å². The maximum absolute atomic E-state index is 13.1. The standard InChI is InChI=1S/C12H14ClF2N/c13-10-7-12(15)11(14)6-9(10)5-8-1-3-16-4-2-8/h6-8,16H,1-5H2. The van der Waals surface area contributed by atoms with Gasteiger partial charge in [0.15, 0.2) is 11.6 Å². The van der Waals surface area contributed by atoms with Gasteiger partial charge in [-0.1, -0.05) is 11.6 Å². The Kier molecular flexibility index (Phi) is 3.77. The van der Waals surface area contributed by atoms with E-state index in [4.69, 9.17) is 11.6 Å². The van der Waals surface area contributed by atoms with Gasteiger partial charge in [-0.3, -0.25) is 0 Å². The van der Waals surface area contributed by atoms with Crippen molar-refractivity contribution in [1.29, 1.82) is 0 Å². The molecule has 1 N–H and O–H groups in total. The number of hydrogen-bond donors (Lipinski definition) is 1. The summed E-state index contributed by atoms with van der Waals surface area (Å²) in [6, 6.07) is 2.28. The molecule has 1 aromatic rings. The predicted molar refractivity (Wildman–Crippen MR) is 60.7 cm³/mol. The molecule has 1 aliphatic rings. The quantitative estimate of drug-likeness (QED) is 0.790. The Balaban J connectivity index is 2.11. The van der Waals surface area contributed by atoms with Crippen molar-refractivity contribution in [1.82, 2.24) is 5.32 Å². The molecule has 1 heterocycles. The lowest BCUT2D eigenvalue weighted by molar-refractivity contribution is 0.372. The maximum atomic E-state index is 13.1. The molecule has 0 aliphatic carbocycles. The minimum Gasteiger partial charge on any atom is -0.317 e. The summed E-state index contributed by atoms with van der Waals surface area (Å²) in [4.78, 5) is 0. The summed E-state index contributed by atoms with van der Waals surface area (Å²) in [6.45, 7) is 1.98. The van der Waals surface area contributed by atoms with Gasteiger partial charge >= 0.3 is 0 Å². The van der Waals surface area contributed by atoms with Gasteiger partial charge in [-0.2, -0.15) is 0 Å². The second kappa shape index (κ2) is 5.11. The summed E-state index contributed by atoms with van der Waals surface area (Å²) in [6.07, 6.45) is 2.86. The van der Waals surface area contributed by atoms with Gasteiger partial charge in [-0.05, 0) is 56.0 Å². The second-order valence-electron chi connectivity index (χ2n) is 4.26. The average Bonchev–Trinajstić information content (AvgIpc) is 2.27. The molecular formula is C12H14ClF2N. The lowest BCUT2D eigenvalue weighted by Gasteiger charge is -2.22. The molecule has 16 heavy (non-hydrogen) atoms. The van der Waals surface area contributed by atoms with Gasteiger partial charge in [0.05, 0.1) is 0 Å². The van der Waals surface area contributed by atoms with Crippen molar-refractivity contribution in [3.05, 3.63) is 34.4 Å². The zero-order valence-electron chi connectivity index (χ0n) is 8.90. The van der Waals surface area contributed by atoms with E-state index in [0.29, 0.717) is 16.5 Å². The van der Waals surface area contributed by atoms with E-state index in [1.54, 1.807) is 0 Å². The molecule has 0 radical (unpaired) electrons. The highest BCUT2D eigenvalue weighted by Crippen LogP contribution is 2.25. The van der Waals surface area contributed by atoms with Crippen LogP contribution in [0.25, 0.3) is 0 Å². The van der Waals surface area contributed by atoms with E-state index in [0.717, 1.165) is 38.4 Å². The predicted octanol–water partition coefficient (Wildman–Crippen LogP) is 3.16. The van der Waals surface area contributed by atoms with Crippen molar-refractivity contribution in [3.63, 3.8) is 0 Å². The van der Waals surface area contributed by atoms with Crippen molar-refractivity contribution >= 4 is 11.6 Å². The highest BCUT2D eigenvalue weighted by Gasteiger charge is 2.16. The van der Waals surface area contributed by atoms with Crippen LogP contribution >= 0.6 is 11.6 Å². The summed E-state index contributed by atoms with van der Waals surface area (Å²) >= 11 is 5.90. The third kappa shape index (κ3) is 2.71. The van der Waals surface area contributed by atoms with Gasteiger partial charge < -0.3 is 5.32 Å². The van der Waals surface area contributed by atoms with Crippen molar-refractivity contribution in [2.24, 2.45) is 5.92 Å². The molecule has 88 valence electrons. The fourth-order valence-corrected chi connectivity index (χ4v) is 2.34. The molecule has 0 unspecified atom stereocenters. The first-order chi connectivity index (χ1) is 7.66. The van der Waals surface area contributed by atoms with Gasteiger partial charge in [0, 0.05) is 5.02 Å². The average molecular weight is 246 g/mol. The zero-order chi connectivity index (χ0) is 11.5. The van der Waals surface area contributed by atoms with Crippen LogP contribution in [0.15, 0.2) is 12.1 Å². The molecule has 0 spiro atoms. The van der Waals surface area contributed by atoms with Gasteiger partial charge in [0.25, 0.3) is 0 Å². The van der Waals surface area contributed by atoms with Crippen molar-refractivity contribution in [2.45, 2.75) is 19.3 Å². The van der Waals surface area contributed by atoms with E-state index in [-0.39, 0.29) is 0 Å². The Bertz CT molecular complexity index is 376. The number of halogens is 3. The topological polar surface area (TPSA) is 12.0 Å². The van der Waals surface area contributed by atoms with Crippen molar-refractivity contribution < 1.29 is 8.78 Å². The molecule has 4 heteroatoms. The van der Waals surface area contributed by atoms with Crippen LogP contribution in [-0.2, 0) is 6.42 Å². The van der Waals surface area contributed by atoms with Crippen LogP contribution in [0.3, 0.4) is 0 Å². The zero-order valence-corrected chi connectivity index (χ0v) is 9.66. The summed E-state index contributed by atoms with van der Waals surface area (Å²) in [5.74, 6) is -1.17. The molecule has 0 aromatic heterocycles. The molecule has 0 saturated carbocycles. The molecule has 1 fully saturated rings. The van der Waals surface area contributed by atoms with Gasteiger partial charge in [0.2, 0.25) is 0 Å². The van der Waals surface area contributed by atoms with E-state index in [9.17, 15) is 8.78 Å². The van der Waals surface area contributed by atoms with Gasteiger partial charge in [0.1, 0.15) is 0 Å². The summed E-state index contributed by atoms with van der Waals surface area (Å²) in [5, 5.41) is 3.60. The van der Waals surface area contributed by atoms with Crippen LogP contribution < -0.4 is 5.32 Å². The highest BCUT2D eigenvalue weighted by molar-refractivity contribution is 6.31. The van der Waals surface area contributed by atoms with Crippen LogP contribution in [0.2, 0.25) is 5.02 Å². The molecule has 0 bridgehead atoms. The lowest BCUT2D eigenvalue weighted by Crippen LogP contribution is -2.28. The molecule has 0 amide bonds. The molecule has 1 aliphatic heterocycles. The van der Waals surface area contributed by atoms with Crippen LogP contribution in [0.4, 0.5) is 8.78 Å². The highest BCUT2D eigenvalue weighted by atomic mass is 35.5. The number of benzene rings is 1. The Morgan fingerprint density at radius 1 is 1.19 bits per heavy atom. The Labute approximate surface area is 98.8 Å². The maximum Gasteiger partial charge on any atom is 0.160 e. The first-order valence-corrected chi connectivity index (χ1v) is 5.89. The first-order valence-electron chi connectivity index (χ1n) is 5.51. The van der Waals surface area contributed by atoms with Crippen LogP contribution in [0.1, 0.15) is 18.4 Å². The number of piperidine rings is 1. The molecular weight excluding hydrogens is 232 g/mol. The monoisotopic (exact) mass is 245 g/mol. The first kappa shape index (κ1) is 11.8. The number of rotatable bonds is 2. The third-order valence-electron chi connectivity index (χ3n) is 3.06. The molecule has 1 nitrogen and oxygen atoms in total. The SMILES string of the molecule is Fc1cc(Cl)c(CC2CCNCC2)cc1F. The van der Waals surface area contributed by atoms with Crippen molar-refractivity contribution in [2.75, 3.05) is 13.1 Å². The Hall–Kier alpha value is -0.670.